The highest BCUT2D eigenvalue weighted by Gasteiger charge is 2.27. The molecule has 0 radical (unpaired) electrons. The summed E-state index contributed by atoms with van der Waals surface area (Å²) in [6, 6.07) is 18.0. The zero-order valence-electron chi connectivity index (χ0n) is 19.0. The Morgan fingerprint density at radius 3 is 2.47 bits per heavy atom. The van der Waals surface area contributed by atoms with E-state index in [9.17, 15) is 0 Å². The molecular formula is C29H36O. The van der Waals surface area contributed by atoms with Gasteiger partial charge in [0.25, 0.3) is 0 Å². The second-order valence-electron chi connectivity index (χ2n) is 9.45. The number of fused-ring (bicyclic) bond motifs is 5. The highest BCUT2D eigenvalue weighted by atomic mass is 16.5. The minimum atomic E-state index is 0.333. The number of rotatable bonds is 4. The molecule has 1 aliphatic heterocycles. The third-order valence-corrected chi connectivity index (χ3v) is 6.79. The molecule has 2 aliphatic rings. The molecule has 0 amide bonds. The van der Waals surface area contributed by atoms with E-state index >= 15 is 0 Å². The van der Waals surface area contributed by atoms with Crippen LogP contribution in [0.5, 0.6) is 0 Å². The molecule has 0 spiro atoms. The van der Waals surface area contributed by atoms with Crippen LogP contribution in [-0.2, 0) is 17.6 Å². The minimum absolute atomic E-state index is 0.333. The average molecular weight is 401 g/mol. The van der Waals surface area contributed by atoms with Gasteiger partial charge in [0, 0.05) is 5.41 Å². The summed E-state index contributed by atoms with van der Waals surface area (Å²) in [6.07, 6.45) is 12.8. The van der Waals surface area contributed by atoms with Crippen molar-refractivity contribution in [2.75, 3.05) is 6.61 Å². The van der Waals surface area contributed by atoms with Crippen LogP contribution in [0.2, 0.25) is 0 Å². The molecule has 1 heteroatoms. The summed E-state index contributed by atoms with van der Waals surface area (Å²) in [5, 5.41) is 5.64. The molecule has 1 nitrogen and oxygen atoms in total. The van der Waals surface area contributed by atoms with E-state index in [1.807, 2.05) is 6.92 Å². The third-order valence-electron chi connectivity index (χ3n) is 6.79. The Hall–Kier alpha value is -2.28. The summed E-state index contributed by atoms with van der Waals surface area (Å²) >= 11 is 0. The number of allylic oxidation sites excluding steroid dienone is 1. The van der Waals surface area contributed by atoms with Crippen LogP contribution in [0, 0.1) is 5.41 Å². The normalized spacial score (nSPS) is 20.3. The van der Waals surface area contributed by atoms with Crippen molar-refractivity contribution >= 4 is 21.5 Å². The molecule has 0 saturated heterocycles. The Morgan fingerprint density at radius 2 is 1.67 bits per heavy atom. The van der Waals surface area contributed by atoms with Crippen molar-refractivity contribution in [3.8, 4) is 0 Å². The number of hydrogen-bond acceptors (Lipinski definition) is 1. The summed E-state index contributed by atoms with van der Waals surface area (Å²) in [5.74, 6) is 1.11. The van der Waals surface area contributed by atoms with E-state index in [0.717, 1.165) is 12.4 Å². The Kier molecular flexibility index (Phi) is 6.46. The van der Waals surface area contributed by atoms with Gasteiger partial charge in [0.05, 0.1) is 12.4 Å². The van der Waals surface area contributed by atoms with E-state index in [4.69, 9.17) is 4.74 Å². The summed E-state index contributed by atoms with van der Waals surface area (Å²) < 4.78 is 5.46. The Morgan fingerprint density at radius 1 is 0.867 bits per heavy atom. The maximum absolute atomic E-state index is 5.46. The molecule has 0 bridgehead atoms. The van der Waals surface area contributed by atoms with Crippen LogP contribution in [0.3, 0.4) is 0 Å². The van der Waals surface area contributed by atoms with Gasteiger partial charge in [-0.2, -0.15) is 0 Å². The smallest absolute Gasteiger partial charge is 0.0966 e. The summed E-state index contributed by atoms with van der Waals surface area (Å²) in [7, 11) is 0. The van der Waals surface area contributed by atoms with Crippen molar-refractivity contribution in [3.05, 3.63) is 71.5 Å². The molecule has 3 aromatic rings. The second kappa shape index (κ2) is 9.25. The highest BCUT2D eigenvalue weighted by Crippen LogP contribution is 2.34. The van der Waals surface area contributed by atoms with E-state index in [2.05, 4.69) is 68.5 Å². The van der Waals surface area contributed by atoms with Gasteiger partial charge in [0.1, 0.15) is 0 Å². The van der Waals surface area contributed by atoms with Gasteiger partial charge in [-0.15, -0.1) is 0 Å². The standard InChI is InChI=1S/C18H16.C11H20O/c1-3-7-15-13(5-1)9-11-18-16-8-4-2-6-14(16)10-12-17(15)18;1-4-5-6-7-11(3)8-10(2)12-9-11/h1,3,5,7,9-12H,2,4,6,8H2;8H,4-7,9H2,1-3H3. The van der Waals surface area contributed by atoms with Gasteiger partial charge >= 0.3 is 0 Å². The van der Waals surface area contributed by atoms with Crippen LogP contribution in [0.1, 0.15) is 70.4 Å². The maximum atomic E-state index is 5.46. The average Bonchev–Trinajstić information content (AvgIpc) is 3.12. The Labute approximate surface area is 182 Å². The lowest BCUT2D eigenvalue weighted by molar-refractivity contribution is 0.169. The Balaban J connectivity index is 0.000000159. The number of benzene rings is 3. The Bertz CT molecular complexity index is 1040. The molecule has 158 valence electrons. The first kappa shape index (κ1) is 21.0. The zero-order chi connectivity index (χ0) is 21.0. The van der Waals surface area contributed by atoms with Crippen LogP contribution in [0.4, 0.5) is 0 Å². The molecule has 0 aromatic heterocycles. The van der Waals surface area contributed by atoms with Crippen LogP contribution in [-0.4, -0.2) is 6.61 Å². The van der Waals surface area contributed by atoms with Crippen molar-refractivity contribution in [2.24, 2.45) is 5.41 Å². The topological polar surface area (TPSA) is 9.23 Å². The molecule has 30 heavy (non-hydrogen) atoms. The zero-order valence-corrected chi connectivity index (χ0v) is 19.0. The molecular weight excluding hydrogens is 364 g/mol. The van der Waals surface area contributed by atoms with E-state index in [1.165, 1.54) is 72.9 Å². The molecule has 0 N–H and O–H groups in total. The van der Waals surface area contributed by atoms with Gasteiger partial charge in [-0.3, -0.25) is 0 Å². The van der Waals surface area contributed by atoms with E-state index in [1.54, 1.807) is 11.1 Å². The van der Waals surface area contributed by atoms with E-state index in [-0.39, 0.29) is 0 Å². The highest BCUT2D eigenvalue weighted by molar-refractivity contribution is 6.08. The van der Waals surface area contributed by atoms with E-state index < -0.39 is 0 Å². The van der Waals surface area contributed by atoms with Crippen LogP contribution < -0.4 is 0 Å². The molecule has 3 aromatic carbocycles. The maximum Gasteiger partial charge on any atom is 0.0966 e. The van der Waals surface area contributed by atoms with E-state index in [0.29, 0.717) is 5.41 Å². The SMILES string of the molecule is CCCCCC1(C)C=C(C)OC1.c1ccc2c(c1)ccc1c3c(ccc12)CCCC3. The first-order valence-electron chi connectivity index (χ1n) is 11.8. The van der Waals surface area contributed by atoms with Gasteiger partial charge < -0.3 is 4.74 Å². The monoisotopic (exact) mass is 400 g/mol. The lowest BCUT2D eigenvalue weighted by atomic mass is 9.86. The van der Waals surface area contributed by atoms with Crippen LogP contribution in [0.15, 0.2) is 60.4 Å². The van der Waals surface area contributed by atoms with Crippen molar-refractivity contribution in [2.45, 2.75) is 72.1 Å². The number of hydrogen-bond donors (Lipinski definition) is 0. The molecule has 1 heterocycles. The number of unbranched alkanes of at least 4 members (excludes halogenated alkanes) is 2. The molecule has 0 fully saturated rings. The van der Waals surface area contributed by atoms with Crippen molar-refractivity contribution < 1.29 is 4.74 Å². The van der Waals surface area contributed by atoms with Crippen molar-refractivity contribution in [3.63, 3.8) is 0 Å². The van der Waals surface area contributed by atoms with Gasteiger partial charge in [0.2, 0.25) is 0 Å². The number of ether oxygens (including phenoxy) is 1. The first-order chi connectivity index (χ1) is 14.6. The van der Waals surface area contributed by atoms with Gasteiger partial charge in [-0.05, 0) is 77.8 Å². The molecule has 1 atom stereocenters. The van der Waals surface area contributed by atoms with Gasteiger partial charge in [0.15, 0.2) is 0 Å². The summed E-state index contributed by atoms with van der Waals surface area (Å²) in [4.78, 5) is 0. The predicted molar refractivity (Wildman–Crippen MR) is 130 cm³/mol. The van der Waals surface area contributed by atoms with Crippen molar-refractivity contribution in [1.82, 2.24) is 0 Å². The second-order valence-corrected chi connectivity index (χ2v) is 9.45. The minimum Gasteiger partial charge on any atom is -0.498 e. The van der Waals surface area contributed by atoms with Gasteiger partial charge in [-0.25, -0.2) is 0 Å². The summed E-state index contributed by atoms with van der Waals surface area (Å²) in [6.45, 7) is 7.47. The van der Waals surface area contributed by atoms with Crippen LogP contribution >= 0.6 is 0 Å². The van der Waals surface area contributed by atoms with Gasteiger partial charge in [-0.1, -0.05) is 81.6 Å². The molecule has 0 saturated carbocycles. The molecule has 1 aliphatic carbocycles. The lowest BCUT2D eigenvalue weighted by Crippen LogP contribution is -2.14. The first-order valence-corrected chi connectivity index (χ1v) is 11.8. The van der Waals surface area contributed by atoms with Crippen molar-refractivity contribution in [1.29, 1.82) is 0 Å². The third kappa shape index (κ3) is 4.56. The fourth-order valence-electron chi connectivity index (χ4n) is 5.12. The number of aryl methyl sites for hydroxylation is 2. The predicted octanol–water partition coefficient (Wildman–Crippen LogP) is 8.38. The fourth-order valence-corrected chi connectivity index (χ4v) is 5.12. The summed E-state index contributed by atoms with van der Waals surface area (Å²) in [5.41, 5.74) is 3.51. The lowest BCUT2D eigenvalue weighted by Gasteiger charge is -2.18. The molecule has 1 unspecified atom stereocenters. The fraction of sp³-hybridized carbons (Fsp3) is 0.448. The largest absolute Gasteiger partial charge is 0.498 e. The van der Waals surface area contributed by atoms with Crippen LogP contribution in [0.25, 0.3) is 21.5 Å². The quantitative estimate of drug-likeness (QED) is 0.316. The molecule has 5 rings (SSSR count).